The lowest BCUT2D eigenvalue weighted by Crippen LogP contribution is -1.93. The van der Waals surface area contributed by atoms with Crippen molar-refractivity contribution in [2.45, 2.75) is 6.92 Å². The van der Waals surface area contributed by atoms with Crippen LogP contribution in [-0.2, 0) is 4.79 Å². The zero-order valence-electron chi connectivity index (χ0n) is 8.55. The Balaban J connectivity index is 0.000000195. The van der Waals surface area contributed by atoms with Crippen LogP contribution in [-0.4, -0.2) is 22.5 Å². The standard InChI is InChI=1S/C9H7N.C3H6O2/c1-2-6-9-8(4-1)5-3-7-10-9;1-3(5)2-4/h1-7H;4H,2H2,1H3. The van der Waals surface area contributed by atoms with E-state index >= 15 is 0 Å². The first kappa shape index (κ1) is 11.3. The number of rotatable bonds is 1. The fraction of sp³-hybridized carbons (Fsp3) is 0.167. The summed E-state index contributed by atoms with van der Waals surface area (Å²) in [5, 5.41) is 8.99. The molecule has 0 radical (unpaired) electrons. The van der Waals surface area contributed by atoms with E-state index in [-0.39, 0.29) is 12.4 Å². The van der Waals surface area contributed by atoms with Gasteiger partial charge in [0.1, 0.15) is 6.61 Å². The Morgan fingerprint density at radius 2 is 1.87 bits per heavy atom. The van der Waals surface area contributed by atoms with Gasteiger partial charge >= 0.3 is 0 Å². The first-order chi connectivity index (χ1) is 7.24. The molecule has 1 aromatic heterocycles. The number of benzene rings is 1. The molecule has 2 aromatic rings. The molecule has 0 spiro atoms. The van der Waals surface area contributed by atoms with Crippen LogP contribution in [0.5, 0.6) is 0 Å². The minimum Gasteiger partial charge on any atom is -0.389 e. The lowest BCUT2D eigenvalue weighted by Gasteiger charge is -1.91. The van der Waals surface area contributed by atoms with Gasteiger partial charge < -0.3 is 5.11 Å². The summed E-state index contributed by atoms with van der Waals surface area (Å²) in [7, 11) is 0. The maximum Gasteiger partial charge on any atom is 0.155 e. The van der Waals surface area contributed by atoms with Gasteiger partial charge in [-0.2, -0.15) is 0 Å². The van der Waals surface area contributed by atoms with E-state index in [9.17, 15) is 4.79 Å². The maximum absolute atomic E-state index is 9.56. The summed E-state index contributed by atoms with van der Waals surface area (Å²) < 4.78 is 0. The first-order valence-corrected chi connectivity index (χ1v) is 4.64. The SMILES string of the molecule is CC(=O)CO.c1ccc2ncccc2c1. The summed E-state index contributed by atoms with van der Waals surface area (Å²) >= 11 is 0. The number of carbonyl (C=O) groups is 1. The van der Waals surface area contributed by atoms with Crippen molar-refractivity contribution >= 4 is 16.7 Å². The van der Waals surface area contributed by atoms with E-state index in [1.165, 1.54) is 12.3 Å². The van der Waals surface area contributed by atoms with E-state index in [2.05, 4.69) is 17.1 Å². The molecule has 0 atom stereocenters. The van der Waals surface area contributed by atoms with E-state index in [4.69, 9.17) is 5.11 Å². The summed E-state index contributed by atoms with van der Waals surface area (Å²) in [6.07, 6.45) is 1.81. The number of aliphatic hydroxyl groups excluding tert-OH is 1. The van der Waals surface area contributed by atoms with Gasteiger partial charge in [-0.3, -0.25) is 9.78 Å². The predicted octanol–water partition coefficient (Wildman–Crippen LogP) is 1.80. The number of aromatic nitrogens is 1. The highest BCUT2D eigenvalue weighted by Crippen LogP contribution is 2.07. The highest BCUT2D eigenvalue weighted by Gasteiger charge is 1.86. The van der Waals surface area contributed by atoms with E-state index in [1.54, 1.807) is 0 Å². The van der Waals surface area contributed by atoms with Crippen molar-refractivity contribution in [3.63, 3.8) is 0 Å². The van der Waals surface area contributed by atoms with E-state index < -0.39 is 0 Å². The average molecular weight is 203 g/mol. The number of fused-ring (bicyclic) bond motifs is 1. The molecular weight excluding hydrogens is 190 g/mol. The fourth-order valence-corrected chi connectivity index (χ4v) is 1.02. The van der Waals surface area contributed by atoms with Crippen molar-refractivity contribution in [3.05, 3.63) is 42.6 Å². The van der Waals surface area contributed by atoms with Gasteiger partial charge in [-0.25, -0.2) is 0 Å². The number of para-hydroxylation sites is 1. The van der Waals surface area contributed by atoms with Crippen LogP contribution in [0.15, 0.2) is 42.6 Å². The van der Waals surface area contributed by atoms with Crippen LogP contribution in [0.3, 0.4) is 0 Å². The molecule has 2 rings (SSSR count). The van der Waals surface area contributed by atoms with Crippen molar-refractivity contribution in [3.8, 4) is 0 Å². The smallest absolute Gasteiger partial charge is 0.155 e. The largest absolute Gasteiger partial charge is 0.389 e. The molecule has 1 aromatic carbocycles. The Morgan fingerprint density at radius 3 is 2.47 bits per heavy atom. The second kappa shape index (κ2) is 5.88. The predicted molar refractivity (Wildman–Crippen MR) is 59.5 cm³/mol. The molecule has 0 fully saturated rings. The Bertz CT molecular complexity index is 375. The third-order valence-corrected chi connectivity index (χ3v) is 1.73. The molecule has 0 saturated carbocycles. The third kappa shape index (κ3) is 3.87. The maximum atomic E-state index is 9.56. The Hall–Kier alpha value is -1.74. The van der Waals surface area contributed by atoms with Crippen molar-refractivity contribution < 1.29 is 9.90 Å². The molecule has 1 heterocycles. The van der Waals surface area contributed by atoms with Crippen LogP contribution in [0, 0.1) is 0 Å². The lowest BCUT2D eigenvalue weighted by molar-refractivity contribution is -0.119. The molecule has 78 valence electrons. The summed E-state index contributed by atoms with van der Waals surface area (Å²) in [4.78, 5) is 13.7. The number of ketones is 1. The molecule has 0 saturated heterocycles. The van der Waals surface area contributed by atoms with Crippen LogP contribution in [0.1, 0.15) is 6.92 Å². The van der Waals surface area contributed by atoms with E-state index in [0.717, 1.165) is 5.52 Å². The number of Topliss-reactive ketones (excluding diaryl/α,β-unsaturated/α-hetero) is 1. The van der Waals surface area contributed by atoms with Gasteiger partial charge in [0.15, 0.2) is 5.78 Å². The highest BCUT2D eigenvalue weighted by molar-refractivity contribution is 5.77. The highest BCUT2D eigenvalue weighted by atomic mass is 16.3. The van der Waals surface area contributed by atoms with Gasteiger partial charge in [-0.05, 0) is 19.1 Å². The third-order valence-electron chi connectivity index (χ3n) is 1.73. The molecule has 0 aliphatic rings. The lowest BCUT2D eigenvalue weighted by atomic mass is 10.2. The Kier molecular flexibility index (Phi) is 4.44. The molecule has 3 nitrogen and oxygen atoms in total. The topological polar surface area (TPSA) is 50.2 Å². The van der Waals surface area contributed by atoms with Crippen molar-refractivity contribution in [2.75, 3.05) is 6.61 Å². The number of carbonyl (C=O) groups excluding carboxylic acids is 1. The van der Waals surface area contributed by atoms with Crippen LogP contribution >= 0.6 is 0 Å². The van der Waals surface area contributed by atoms with Gasteiger partial charge in [-0.1, -0.05) is 24.3 Å². The fourth-order valence-electron chi connectivity index (χ4n) is 1.02. The molecular formula is C12H13NO2. The van der Waals surface area contributed by atoms with Crippen molar-refractivity contribution in [1.82, 2.24) is 4.98 Å². The van der Waals surface area contributed by atoms with Gasteiger partial charge in [0.2, 0.25) is 0 Å². The Morgan fingerprint density at radius 1 is 1.27 bits per heavy atom. The summed E-state index contributed by atoms with van der Waals surface area (Å²) in [5.74, 6) is -0.190. The molecule has 15 heavy (non-hydrogen) atoms. The van der Waals surface area contributed by atoms with Crippen LogP contribution in [0.4, 0.5) is 0 Å². The minimum absolute atomic E-state index is 0.190. The zero-order valence-corrected chi connectivity index (χ0v) is 8.55. The molecule has 0 bridgehead atoms. The molecule has 0 aliphatic heterocycles. The van der Waals surface area contributed by atoms with Crippen molar-refractivity contribution in [1.29, 1.82) is 0 Å². The first-order valence-electron chi connectivity index (χ1n) is 4.64. The van der Waals surface area contributed by atoms with Gasteiger partial charge in [0, 0.05) is 11.6 Å². The minimum atomic E-state index is -0.333. The number of hydrogen-bond donors (Lipinski definition) is 1. The van der Waals surface area contributed by atoms with E-state index in [0.29, 0.717) is 0 Å². The van der Waals surface area contributed by atoms with E-state index in [1.807, 2.05) is 30.5 Å². The Labute approximate surface area is 88.4 Å². The summed E-state index contributed by atoms with van der Waals surface area (Å²) in [6, 6.07) is 12.1. The summed E-state index contributed by atoms with van der Waals surface area (Å²) in [6.45, 7) is 1.000. The number of nitrogens with zero attached hydrogens (tertiary/aromatic N) is 1. The van der Waals surface area contributed by atoms with Gasteiger partial charge in [-0.15, -0.1) is 0 Å². The second-order valence-corrected chi connectivity index (χ2v) is 3.06. The normalized spacial score (nSPS) is 9.20. The average Bonchev–Trinajstić information content (AvgIpc) is 2.30. The van der Waals surface area contributed by atoms with Gasteiger partial charge in [0.25, 0.3) is 0 Å². The van der Waals surface area contributed by atoms with Crippen LogP contribution < -0.4 is 0 Å². The molecule has 0 aliphatic carbocycles. The second-order valence-electron chi connectivity index (χ2n) is 3.06. The molecule has 3 heteroatoms. The van der Waals surface area contributed by atoms with Crippen LogP contribution in [0.25, 0.3) is 10.9 Å². The number of aliphatic hydroxyl groups is 1. The van der Waals surface area contributed by atoms with Crippen molar-refractivity contribution in [2.24, 2.45) is 0 Å². The monoisotopic (exact) mass is 203 g/mol. The summed E-state index contributed by atoms with van der Waals surface area (Å²) in [5.41, 5.74) is 1.06. The zero-order chi connectivity index (χ0) is 11.1. The number of pyridine rings is 1. The molecule has 1 N–H and O–H groups in total. The molecule has 0 unspecified atom stereocenters. The molecule has 0 amide bonds. The quantitative estimate of drug-likeness (QED) is 0.768. The van der Waals surface area contributed by atoms with Crippen LogP contribution in [0.2, 0.25) is 0 Å². The number of hydrogen-bond acceptors (Lipinski definition) is 3. The van der Waals surface area contributed by atoms with Gasteiger partial charge in [0.05, 0.1) is 5.52 Å².